The zero-order valence-corrected chi connectivity index (χ0v) is 10.3. The third kappa shape index (κ3) is 2.21. The molecular formula is C12H17BN3. The van der Waals surface area contributed by atoms with E-state index in [0.29, 0.717) is 0 Å². The van der Waals surface area contributed by atoms with Crippen LogP contribution in [0.15, 0.2) is 30.7 Å². The van der Waals surface area contributed by atoms with Crippen molar-refractivity contribution in [3.8, 4) is 0 Å². The summed E-state index contributed by atoms with van der Waals surface area (Å²) in [5.74, 6) is 0.966. The Morgan fingerprint density at radius 2 is 2.00 bits per heavy atom. The van der Waals surface area contributed by atoms with Crippen molar-refractivity contribution in [3.05, 3.63) is 36.3 Å². The van der Waals surface area contributed by atoms with Crippen molar-refractivity contribution < 1.29 is 0 Å². The Morgan fingerprint density at radius 3 is 2.56 bits per heavy atom. The fraction of sp³-hybridized carbons (Fsp3) is 0.417. The van der Waals surface area contributed by atoms with Gasteiger partial charge >= 0.3 is 7.55 Å². The second kappa shape index (κ2) is 3.85. The van der Waals surface area contributed by atoms with Crippen LogP contribution >= 0.6 is 0 Å². The summed E-state index contributed by atoms with van der Waals surface area (Å²) >= 11 is 0. The van der Waals surface area contributed by atoms with Crippen LogP contribution in [0.3, 0.4) is 0 Å². The predicted molar refractivity (Wildman–Crippen MR) is 68.1 cm³/mol. The van der Waals surface area contributed by atoms with Gasteiger partial charge in [0.2, 0.25) is 0 Å². The Morgan fingerprint density at radius 1 is 1.25 bits per heavy atom. The van der Waals surface area contributed by atoms with Gasteiger partial charge in [-0.3, -0.25) is 0 Å². The Hall–Kier alpha value is -1.45. The first-order chi connectivity index (χ1) is 7.47. The number of aromatic nitrogens is 1. The van der Waals surface area contributed by atoms with Gasteiger partial charge in [-0.1, -0.05) is 20.8 Å². The van der Waals surface area contributed by atoms with Crippen molar-refractivity contribution in [2.45, 2.75) is 26.2 Å². The van der Waals surface area contributed by atoms with E-state index in [2.05, 4.69) is 37.9 Å². The van der Waals surface area contributed by atoms with Gasteiger partial charge in [0.15, 0.2) is 0 Å². The lowest BCUT2D eigenvalue weighted by Gasteiger charge is -2.21. The zero-order chi connectivity index (χ0) is 11.8. The van der Waals surface area contributed by atoms with E-state index in [1.807, 2.05) is 42.8 Å². The van der Waals surface area contributed by atoms with Gasteiger partial charge in [0.1, 0.15) is 5.82 Å². The summed E-state index contributed by atoms with van der Waals surface area (Å²) in [6.45, 7) is 6.63. The van der Waals surface area contributed by atoms with E-state index in [1.165, 1.54) is 5.56 Å². The molecule has 4 heteroatoms. The lowest BCUT2D eigenvalue weighted by atomic mass is 9.87. The molecule has 1 aliphatic heterocycles. The van der Waals surface area contributed by atoms with Gasteiger partial charge in [-0.05, 0) is 30.2 Å². The molecule has 0 saturated carbocycles. The van der Waals surface area contributed by atoms with E-state index in [9.17, 15) is 0 Å². The molecule has 0 amide bonds. The summed E-state index contributed by atoms with van der Waals surface area (Å²) in [7, 11) is 4.01. The van der Waals surface area contributed by atoms with Crippen LogP contribution in [0.1, 0.15) is 26.3 Å². The topological polar surface area (TPSA) is 19.4 Å². The molecule has 0 unspecified atom stereocenters. The van der Waals surface area contributed by atoms with Gasteiger partial charge in [0.25, 0.3) is 0 Å². The molecule has 83 valence electrons. The van der Waals surface area contributed by atoms with Crippen LogP contribution in [0.2, 0.25) is 0 Å². The van der Waals surface area contributed by atoms with Gasteiger partial charge in [0.05, 0.1) is 0 Å². The van der Waals surface area contributed by atoms with Crippen LogP contribution < -0.4 is 4.81 Å². The first kappa shape index (κ1) is 11.1. The molecule has 1 radical (unpaired) electrons. The SMILES string of the molecule is CN1[B]N(c2cc(C(C)(C)C)ccn2)C=C1. The standard InChI is InChI=1S/C12H17BN3/c1-12(2,3)10-5-6-14-11(9-10)16-8-7-15(4)13-16/h5-9H,1-4H3. The van der Waals surface area contributed by atoms with Crippen molar-refractivity contribution in [2.24, 2.45) is 0 Å². The van der Waals surface area contributed by atoms with E-state index in [0.717, 1.165) is 5.82 Å². The summed E-state index contributed by atoms with van der Waals surface area (Å²) in [5, 5.41) is 0. The largest absolute Gasteiger partial charge is 0.406 e. The average Bonchev–Trinajstić information content (AvgIpc) is 2.64. The normalized spacial score (nSPS) is 15.5. The van der Waals surface area contributed by atoms with E-state index in [-0.39, 0.29) is 5.41 Å². The lowest BCUT2D eigenvalue weighted by molar-refractivity contribution is 0.589. The molecule has 0 fully saturated rings. The quantitative estimate of drug-likeness (QED) is 0.667. The van der Waals surface area contributed by atoms with Crippen molar-refractivity contribution in [1.29, 1.82) is 0 Å². The molecule has 16 heavy (non-hydrogen) atoms. The highest BCUT2D eigenvalue weighted by atomic mass is 15.2. The number of nitrogens with zero attached hydrogens (tertiary/aromatic N) is 3. The maximum Gasteiger partial charge on any atom is 0.396 e. The second-order valence-electron chi connectivity index (χ2n) is 5.14. The molecule has 2 rings (SSSR count). The third-order valence-corrected chi connectivity index (χ3v) is 2.65. The van der Waals surface area contributed by atoms with Crippen molar-refractivity contribution in [1.82, 2.24) is 9.79 Å². The maximum atomic E-state index is 4.39. The van der Waals surface area contributed by atoms with Gasteiger partial charge < -0.3 is 9.62 Å². The molecular weight excluding hydrogens is 197 g/mol. The van der Waals surface area contributed by atoms with E-state index in [1.54, 1.807) is 0 Å². The van der Waals surface area contributed by atoms with E-state index >= 15 is 0 Å². The van der Waals surface area contributed by atoms with Crippen LogP contribution in [0, 0.1) is 0 Å². The van der Waals surface area contributed by atoms with Gasteiger partial charge in [-0.2, -0.15) is 0 Å². The van der Waals surface area contributed by atoms with Crippen molar-refractivity contribution in [2.75, 3.05) is 11.9 Å². The van der Waals surface area contributed by atoms with Crippen molar-refractivity contribution in [3.63, 3.8) is 0 Å². The maximum absolute atomic E-state index is 4.39. The van der Waals surface area contributed by atoms with E-state index < -0.39 is 0 Å². The van der Waals surface area contributed by atoms with Gasteiger partial charge in [0, 0.05) is 18.6 Å². The highest BCUT2D eigenvalue weighted by Crippen LogP contribution is 2.25. The molecule has 0 bridgehead atoms. The molecule has 0 spiro atoms. The third-order valence-electron chi connectivity index (χ3n) is 2.65. The highest BCUT2D eigenvalue weighted by molar-refractivity contribution is 6.40. The van der Waals surface area contributed by atoms with Crippen LogP contribution in [-0.4, -0.2) is 24.4 Å². The molecule has 1 aromatic rings. The molecule has 0 aromatic carbocycles. The predicted octanol–water partition coefficient (Wildman–Crippen LogP) is 2.14. The number of anilines is 1. The van der Waals surface area contributed by atoms with Crippen molar-refractivity contribution >= 4 is 13.4 Å². The summed E-state index contributed by atoms with van der Waals surface area (Å²) in [6.07, 6.45) is 5.89. The van der Waals surface area contributed by atoms with Crippen LogP contribution in [-0.2, 0) is 5.41 Å². The van der Waals surface area contributed by atoms with Crippen LogP contribution in [0.5, 0.6) is 0 Å². The number of rotatable bonds is 1. The molecule has 0 atom stereocenters. The number of hydrogen-bond donors (Lipinski definition) is 0. The Balaban J connectivity index is 2.27. The lowest BCUT2D eigenvalue weighted by Crippen LogP contribution is -2.27. The molecule has 0 aliphatic carbocycles. The summed E-state index contributed by atoms with van der Waals surface area (Å²) < 4.78 is 0. The Bertz CT molecular complexity index is 409. The Labute approximate surface area is 98.1 Å². The number of hydrogen-bond acceptors (Lipinski definition) is 3. The molecule has 1 aromatic heterocycles. The first-order valence-corrected chi connectivity index (χ1v) is 5.47. The zero-order valence-electron chi connectivity index (χ0n) is 10.3. The van der Waals surface area contributed by atoms with Crippen LogP contribution in [0.4, 0.5) is 5.82 Å². The monoisotopic (exact) mass is 214 g/mol. The van der Waals surface area contributed by atoms with Gasteiger partial charge in [-0.25, -0.2) is 4.98 Å². The summed E-state index contributed by atoms with van der Waals surface area (Å²) in [5.41, 5.74) is 1.46. The molecule has 0 N–H and O–H groups in total. The second-order valence-corrected chi connectivity index (χ2v) is 5.14. The fourth-order valence-electron chi connectivity index (χ4n) is 1.61. The number of pyridine rings is 1. The highest BCUT2D eigenvalue weighted by Gasteiger charge is 2.18. The van der Waals surface area contributed by atoms with Gasteiger partial charge in [-0.15, -0.1) is 0 Å². The minimum atomic E-state index is 0.160. The van der Waals surface area contributed by atoms with E-state index in [4.69, 9.17) is 0 Å². The fourth-order valence-corrected chi connectivity index (χ4v) is 1.61. The Kier molecular flexibility index (Phi) is 2.66. The smallest absolute Gasteiger partial charge is 0.396 e. The minimum Gasteiger partial charge on any atom is -0.406 e. The average molecular weight is 214 g/mol. The summed E-state index contributed by atoms with van der Waals surface area (Å²) in [6, 6.07) is 4.22. The molecule has 3 nitrogen and oxygen atoms in total. The first-order valence-electron chi connectivity index (χ1n) is 5.47. The van der Waals surface area contributed by atoms with Crippen LogP contribution in [0.25, 0.3) is 0 Å². The molecule has 0 saturated heterocycles. The molecule has 2 heterocycles. The summed E-state index contributed by atoms with van der Waals surface area (Å²) in [4.78, 5) is 8.41. The molecule has 1 aliphatic rings. The minimum absolute atomic E-state index is 0.160.